The Kier molecular flexibility index (Phi) is 7.93. The van der Waals surface area contributed by atoms with Crippen molar-refractivity contribution in [3.8, 4) is 0 Å². The van der Waals surface area contributed by atoms with Crippen molar-refractivity contribution >= 4 is 11.5 Å². The fourth-order valence-corrected chi connectivity index (χ4v) is 5.72. The molecule has 4 nitrogen and oxygen atoms in total. The molecule has 5 rings (SSSR count). The van der Waals surface area contributed by atoms with E-state index in [1.807, 2.05) is 0 Å². The second-order valence-corrected chi connectivity index (χ2v) is 10.5. The lowest BCUT2D eigenvalue weighted by molar-refractivity contribution is -0.143. The summed E-state index contributed by atoms with van der Waals surface area (Å²) in [5, 5.41) is 9.35. The Balaban J connectivity index is 1.48. The molecule has 1 unspecified atom stereocenters. The van der Waals surface area contributed by atoms with Crippen LogP contribution in [0.5, 0.6) is 0 Å². The minimum Gasteiger partial charge on any atom is -0.392 e. The molecule has 1 fully saturated rings. The summed E-state index contributed by atoms with van der Waals surface area (Å²) in [6.07, 6.45) is -10.2. The number of aliphatic hydroxyl groups is 1. The van der Waals surface area contributed by atoms with Crippen molar-refractivity contribution < 1.29 is 45.4 Å². The molecule has 42 heavy (non-hydrogen) atoms. The first-order valence-corrected chi connectivity index (χ1v) is 13.2. The molecule has 3 aromatic carbocycles. The number of nitrogens with zero attached hydrogens (tertiary/aromatic N) is 1. The number of ether oxygens (including phenoxy) is 1. The molecule has 2 aliphatic rings. The topological polar surface area (TPSA) is 49.8 Å². The summed E-state index contributed by atoms with van der Waals surface area (Å²) >= 11 is 0. The van der Waals surface area contributed by atoms with Crippen LogP contribution >= 0.6 is 0 Å². The van der Waals surface area contributed by atoms with E-state index in [0.29, 0.717) is 29.7 Å². The second kappa shape index (κ2) is 11.2. The zero-order valence-electron chi connectivity index (χ0n) is 22.2. The third kappa shape index (κ3) is 6.07. The monoisotopic (exact) mass is 593 g/mol. The van der Waals surface area contributed by atoms with E-state index in [1.54, 1.807) is 29.2 Å². The maximum Gasteiger partial charge on any atom is 0.416 e. The van der Waals surface area contributed by atoms with Crippen LogP contribution in [0.4, 0.5) is 30.7 Å². The first-order chi connectivity index (χ1) is 19.7. The summed E-state index contributed by atoms with van der Waals surface area (Å²) in [7, 11) is 0. The molecule has 2 heterocycles. The number of hydrogen-bond donors (Lipinski definition) is 1. The highest BCUT2D eigenvalue weighted by atomic mass is 19.4. The van der Waals surface area contributed by atoms with E-state index in [1.165, 1.54) is 37.3 Å². The molecular formula is C31H26F7NO3. The summed E-state index contributed by atoms with van der Waals surface area (Å²) in [6, 6.07) is 13.5. The molecule has 0 saturated carbocycles. The largest absolute Gasteiger partial charge is 0.416 e. The van der Waals surface area contributed by atoms with Crippen LogP contribution in [-0.2, 0) is 28.5 Å². The standard InChI is InChI=1S/C31H26F7NO3/c1-17(21-10-23(30(33,34)35)14-24(11-21)31(36,37)38)42-27-15-39-26(29(27)20-6-8-25(32)9-7-20)12-22(13-28(39)41)19-4-2-18(16-40)3-5-19/h2-11,13-14,17,26-27,29,40H,12,15-16H2,1H3/t17-,26+,27+,29?/m1/s1. The maximum absolute atomic E-state index is 13.8. The van der Waals surface area contributed by atoms with Crippen LogP contribution in [0.2, 0.25) is 0 Å². The molecule has 1 saturated heterocycles. The van der Waals surface area contributed by atoms with E-state index in [2.05, 4.69) is 0 Å². The number of rotatable bonds is 6. The number of fused-ring (bicyclic) bond motifs is 1. The number of carbonyl (C=O) groups excluding carboxylic acids is 1. The minimum absolute atomic E-state index is 0.0359. The molecule has 0 spiro atoms. The van der Waals surface area contributed by atoms with Gasteiger partial charge in [-0.2, -0.15) is 26.3 Å². The van der Waals surface area contributed by atoms with Gasteiger partial charge in [0.1, 0.15) is 5.82 Å². The average Bonchev–Trinajstić information content (AvgIpc) is 3.30. The van der Waals surface area contributed by atoms with E-state index < -0.39 is 53.5 Å². The van der Waals surface area contributed by atoms with Gasteiger partial charge in [0.15, 0.2) is 0 Å². The van der Waals surface area contributed by atoms with Crippen LogP contribution in [0.25, 0.3) is 5.57 Å². The molecule has 11 heteroatoms. The van der Waals surface area contributed by atoms with E-state index >= 15 is 0 Å². The van der Waals surface area contributed by atoms with Gasteiger partial charge in [-0.15, -0.1) is 0 Å². The lowest BCUT2D eigenvalue weighted by Gasteiger charge is -2.33. The number of carbonyl (C=O) groups is 1. The van der Waals surface area contributed by atoms with Crippen LogP contribution in [0.3, 0.4) is 0 Å². The van der Waals surface area contributed by atoms with Gasteiger partial charge in [0.25, 0.3) is 0 Å². The first kappa shape index (κ1) is 29.8. The smallest absolute Gasteiger partial charge is 0.392 e. The molecule has 1 amide bonds. The fraction of sp³-hybridized carbons (Fsp3) is 0.323. The van der Waals surface area contributed by atoms with E-state index in [-0.39, 0.29) is 30.7 Å². The van der Waals surface area contributed by atoms with Gasteiger partial charge in [0.05, 0.1) is 29.9 Å². The lowest BCUT2D eigenvalue weighted by Crippen LogP contribution is -2.39. The Labute approximate surface area is 237 Å². The van der Waals surface area contributed by atoms with Gasteiger partial charge in [-0.1, -0.05) is 36.4 Å². The van der Waals surface area contributed by atoms with E-state index in [4.69, 9.17) is 4.74 Å². The summed E-state index contributed by atoms with van der Waals surface area (Å²) < 4.78 is 101. The van der Waals surface area contributed by atoms with Crippen LogP contribution in [0, 0.1) is 5.82 Å². The highest BCUT2D eigenvalue weighted by Crippen LogP contribution is 2.45. The Bertz CT molecular complexity index is 1450. The number of aliphatic hydroxyl groups excluding tert-OH is 1. The van der Waals surface area contributed by atoms with Gasteiger partial charge < -0.3 is 14.7 Å². The van der Waals surface area contributed by atoms with Crippen molar-refractivity contribution in [1.29, 1.82) is 0 Å². The zero-order valence-corrected chi connectivity index (χ0v) is 22.2. The second-order valence-electron chi connectivity index (χ2n) is 10.5. The molecule has 0 radical (unpaired) electrons. The van der Waals surface area contributed by atoms with Gasteiger partial charge in [-0.3, -0.25) is 4.79 Å². The number of benzene rings is 3. The van der Waals surface area contributed by atoms with Gasteiger partial charge >= 0.3 is 12.4 Å². The van der Waals surface area contributed by atoms with E-state index in [0.717, 1.165) is 11.1 Å². The van der Waals surface area contributed by atoms with Crippen LogP contribution in [-0.4, -0.2) is 34.6 Å². The average molecular weight is 594 g/mol. The van der Waals surface area contributed by atoms with Crippen molar-refractivity contribution in [3.63, 3.8) is 0 Å². The van der Waals surface area contributed by atoms with Crippen molar-refractivity contribution in [2.45, 2.75) is 56.5 Å². The Morgan fingerprint density at radius 3 is 2.07 bits per heavy atom. The van der Waals surface area contributed by atoms with Crippen molar-refractivity contribution in [3.05, 3.63) is 112 Å². The minimum atomic E-state index is -5.01. The molecule has 4 atom stereocenters. The Hall–Kier alpha value is -3.70. The number of halogens is 7. The summed E-state index contributed by atoms with van der Waals surface area (Å²) in [4.78, 5) is 14.8. The number of alkyl halides is 6. The molecule has 1 N–H and O–H groups in total. The zero-order chi connectivity index (χ0) is 30.4. The van der Waals surface area contributed by atoms with E-state index in [9.17, 15) is 40.6 Å². The maximum atomic E-state index is 13.8. The van der Waals surface area contributed by atoms with Gasteiger partial charge in [0.2, 0.25) is 5.91 Å². The van der Waals surface area contributed by atoms with Crippen molar-refractivity contribution in [1.82, 2.24) is 4.90 Å². The third-order valence-corrected chi connectivity index (χ3v) is 7.82. The number of amides is 1. The lowest BCUT2D eigenvalue weighted by atomic mass is 9.83. The number of hydrogen-bond acceptors (Lipinski definition) is 3. The Morgan fingerprint density at radius 2 is 1.52 bits per heavy atom. The van der Waals surface area contributed by atoms with Crippen molar-refractivity contribution in [2.75, 3.05) is 6.54 Å². The molecule has 0 aliphatic carbocycles. The van der Waals surface area contributed by atoms with Gasteiger partial charge in [-0.05, 0) is 71.5 Å². The predicted molar refractivity (Wildman–Crippen MR) is 139 cm³/mol. The highest BCUT2D eigenvalue weighted by molar-refractivity contribution is 5.98. The molecule has 222 valence electrons. The summed E-state index contributed by atoms with van der Waals surface area (Å²) in [6.45, 7) is 1.26. The fourth-order valence-electron chi connectivity index (χ4n) is 5.72. The summed E-state index contributed by atoms with van der Waals surface area (Å²) in [5.74, 6) is -1.37. The third-order valence-electron chi connectivity index (χ3n) is 7.82. The van der Waals surface area contributed by atoms with Crippen LogP contribution in [0.15, 0.2) is 72.8 Å². The quantitative estimate of drug-likeness (QED) is 0.306. The van der Waals surface area contributed by atoms with Gasteiger partial charge in [-0.25, -0.2) is 4.39 Å². The first-order valence-electron chi connectivity index (χ1n) is 13.2. The van der Waals surface area contributed by atoms with Gasteiger partial charge in [0, 0.05) is 24.6 Å². The predicted octanol–water partition coefficient (Wildman–Crippen LogP) is 7.28. The highest BCUT2D eigenvalue weighted by Gasteiger charge is 2.48. The molecule has 0 bridgehead atoms. The summed E-state index contributed by atoms with van der Waals surface area (Å²) in [5.41, 5.74) is -0.409. The molecular weight excluding hydrogens is 567 g/mol. The van der Waals surface area contributed by atoms with Crippen molar-refractivity contribution in [2.24, 2.45) is 0 Å². The Morgan fingerprint density at radius 1 is 0.929 bits per heavy atom. The molecule has 3 aromatic rings. The van der Waals surface area contributed by atoms with Crippen LogP contribution < -0.4 is 0 Å². The SMILES string of the molecule is C[C@@H](O[C@H]1CN2C(=O)C=C(c3ccc(CO)cc3)C[C@H]2C1c1ccc(F)cc1)c1cc(C(F)(F)F)cc(C(F)(F)F)c1. The van der Waals surface area contributed by atoms with Crippen LogP contribution in [0.1, 0.15) is 58.7 Å². The molecule has 0 aromatic heterocycles. The molecule has 2 aliphatic heterocycles. The normalized spacial score (nSPS) is 21.7.